The molecule has 0 fully saturated rings. The third-order valence-electron chi connectivity index (χ3n) is 5.17. The van der Waals surface area contributed by atoms with E-state index >= 15 is 0 Å². The van der Waals surface area contributed by atoms with Gasteiger partial charge in [-0.05, 0) is 49.2 Å². The summed E-state index contributed by atoms with van der Waals surface area (Å²) >= 11 is 0. The summed E-state index contributed by atoms with van der Waals surface area (Å²) in [4.78, 5) is 14.7. The van der Waals surface area contributed by atoms with Gasteiger partial charge in [-0.2, -0.15) is 5.10 Å². The Morgan fingerprint density at radius 2 is 1.93 bits per heavy atom. The van der Waals surface area contributed by atoms with Gasteiger partial charge in [-0.25, -0.2) is 0 Å². The highest BCUT2D eigenvalue weighted by atomic mass is 16.5. The topological polar surface area (TPSA) is 47.4 Å². The van der Waals surface area contributed by atoms with Crippen LogP contribution in [0.15, 0.2) is 60.7 Å². The summed E-state index contributed by atoms with van der Waals surface area (Å²) < 4.78 is 7.21. The first kappa shape index (κ1) is 19.0. The molecule has 0 atom stereocenters. The number of fused-ring (bicyclic) bond motifs is 1. The fraction of sp³-hybridized carbons (Fsp3) is 0.250. The molecule has 2 aromatic carbocycles. The van der Waals surface area contributed by atoms with Crippen molar-refractivity contribution in [1.29, 1.82) is 0 Å². The number of aromatic nitrogens is 2. The number of benzene rings is 2. The smallest absolute Gasteiger partial charge is 0.246 e. The van der Waals surface area contributed by atoms with Crippen molar-refractivity contribution >= 4 is 12.0 Å². The number of carbonyl (C=O) groups excluding carboxylic acids is 1. The van der Waals surface area contributed by atoms with Crippen LogP contribution in [0.3, 0.4) is 0 Å². The number of ether oxygens (including phenoxy) is 1. The molecule has 148 valence electrons. The molecular weight excluding hydrogens is 362 g/mol. The Hall–Kier alpha value is -3.34. The van der Waals surface area contributed by atoms with Gasteiger partial charge < -0.3 is 9.64 Å². The molecule has 0 spiro atoms. The minimum absolute atomic E-state index is 0.0209. The van der Waals surface area contributed by atoms with Crippen molar-refractivity contribution in [3.8, 4) is 17.0 Å². The maximum Gasteiger partial charge on any atom is 0.246 e. The Balaban J connectivity index is 1.49. The van der Waals surface area contributed by atoms with Gasteiger partial charge in [0.25, 0.3) is 0 Å². The first-order chi connectivity index (χ1) is 14.1. The molecular formula is C24H25N3O2. The van der Waals surface area contributed by atoms with Gasteiger partial charge in [0.05, 0.1) is 25.0 Å². The lowest BCUT2D eigenvalue weighted by Crippen LogP contribution is -2.29. The zero-order valence-electron chi connectivity index (χ0n) is 16.8. The molecule has 3 aromatic rings. The maximum absolute atomic E-state index is 12.8. The van der Waals surface area contributed by atoms with Gasteiger partial charge in [-0.3, -0.25) is 9.48 Å². The summed E-state index contributed by atoms with van der Waals surface area (Å²) in [5, 5.41) is 4.77. The van der Waals surface area contributed by atoms with Crippen LogP contribution in [0, 0.1) is 6.92 Å². The first-order valence-corrected chi connectivity index (χ1v) is 9.87. The summed E-state index contributed by atoms with van der Waals surface area (Å²) in [5.41, 5.74) is 5.34. The molecule has 1 aliphatic rings. The van der Waals surface area contributed by atoms with E-state index in [9.17, 15) is 4.79 Å². The van der Waals surface area contributed by atoms with E-state index in [1.807, 2.05) is 39.9 Å². The van der Waals surface area contributed by atoms with Crippen LogP contribution in [0.2, 0.25) is 0 Å². The molecule has 1 amide bonds. The van der Waals surface area contributed by atoms with Crippen LogP contribution in [0.4, 0.5) is 0 Å². The molecule has 1 aliphatic heterocycles. The Bertz CT molecular complexity index is 1030. The molecule has 0 saturated heterocycles. The second-order valence-corrected chi connectivity index (χ2v) is 7.33. The van der Waals surface area contributed by atoms with E-state index in [-0.39, 0.29) is 5.91 Å². The molecule has 2 heterocycles. The van der Waals surface area contributed by atoms with Crippen LogP contribution in [-0.2, 0) is 17.9 Å². The van der Waals surface area contributed by atoms with Gasteiger partial charge in [-0.1, -0.05) is 35.9 Å². The number of rotatable bonds is 4. The average Bonchev–Trinajstić information content (AvgIpc) is 3.04. The predicted octanol–water partition coefficient (Wildman–Crippen LogP) is 4.31. The van der Waals surface area contributed by atoms with E-state index in [0.29, 0.717) is 6.54 Å². The van der Waals surface area contributed by atoms with E-state index in [1.165, 1.54) is 5.56 Å². The first-order valence-electron chi connectivity index (χ1n) is 9.87. The molecule has 4 rings (SSSR count). The fourth-order valence-electron chi connectivity index (χ4n) is 3.58. The van der Waals surface area contributed by atoms with Crippen LogP contribution < -0.4 is 4.74 Å². The van der Waals surface area contributed by atoms with E-state index in [0.717, 1.165) is 47.8 Å². The summed E-state index contributed by atoms with van der Waals surface area (Å²) in [7, 11) is 1.64. The molecule has 0 unspecified atom stereocenters. The summed E-state index contributed by atoms with van der Waals surface area (Å²) in [6, 6.07) is 18.1. The Morgan fingerprint density at radius 1 is 1.10 bits per heavy atom. The van der Waals surface area contributed by atoms with Gasteiger partial charge in [0.2, 0.25) is 5.91 Å². The fourth-order valence-corrected chi connectivity index (χ4v) is 3.58. The Morgan fingerprint density at radius 3 is 2.69 bits per heavy atom. The maximum atomic E-state index is 12.8. The van der Waals surface area contributed by atoms with Crippen molar-refractivity contribution in [2.24, 2.45) is 0 Å². The number of amides is 1. The quantitative estimate of drug-likeness (QED) is 0.627. The van der Waals surface area contributed by atoms with Gasteiger partial charge in [0, 0.05) is 24.7 Å². The number of methoxy groups -OCH3 is 1. The Kier molecular flexibility index (Phi) is 5.47. The largest absolute Gasteiger partial charge is 0.497 e. The molecule has 0 N–H and O–H groups in total. The standard InChI is InChI=1S/C24H25N3O2/c1-18-5-3-6-20(15-18)23-16-21-17-26(13-4-14-27(21)25-23)24(28)12-9-19-7-10-22(29-2)11-8-19/h3,5-12,15-16H,4,13-14,17H2,1-2H3. The third-order valence-corrected chi connectivity index (χ3v) is 5.17. The van der Waals surface area contributed by atoms with Crippen molar-refractivity contribution < 1.29 is 9.53 Å². The number of aryl methyl sites for hydroxylation is 2. The van der Waals surface area contributed by atoms with Crippen molar-refractivity contribution in [3.05, 3.63) is 77.5 Å². The summed E-state index contributed by atoms with van der Waals surface area (Å²) in [6.07, 6.45) is 4.39. The van der Waals surface area contributed by atoms with Crippen LogP contribution >= 0.6 is 0 Å². The second kappa shape index (κ2) is 8.35. The monoisotopic (exact) mass is 387 g/mol. The van der Waals surface area contributed by atoms with Crippen molar-refractivity contribution in [2.45, 2.75) is 26.4 Å². The lowest BCUT2D eigenvalue weighted by atomic mass is 10.1. The number of carbonyl (C=O) groups is 1. The minimum Gasteiger partial charge on any atom is -0.497 e. The normalized spacial score (nSPS) is 13.9. The molecule has 0 aliphatic carbocycles. The third kappa shape index (κ3) is 4.40. The number of nitrogens with zero attached hydrogens (tertiary/aromatic N) is 3. The summed E-state index contributed by atoms with van der Waals surface area (Å²) in [5.74, 6) is 0.825. The van der Waals surface area contributed by atoms with Crippen LogP contribution in [0.5, 0.6) is 5.75 Å². The average molecular weight is 387 g/mol. The SMILES string of the molecule is COc1ccc(C=CC(=O)N2CCCn3nc(-c4cccc(C)c4)cc3C2)cc1. The van der Waals surface area contributed by atoms with E-state index < -0.39 is 0 Å². The van der Waals surface area contributed by atoms with Gasteiger partial charge in [-0.15, -0.1) is 0 Å². The molecule has 0 radical (unpaired) electrons. The van der Waals surface area contributed by atoms with E-state index in [1.54, 1.807) is 13.2 Å². The highest BCUT2D eigenvalue weighted by molar-refractivity contribution is 5.91. The Labute approximate surface area is 171 Å². The molecule has 5 heteroatoms. The highest BCUT2D eigenvalue weighted by Gasteiger charge is 2.19. The lowest BCUT2D eigenvalue weighted by Gasteiger charge is -2.17. The van der Waals surface area contributed by atoms with Crippen LogP contribution in [-0.4, -0.2) is 34.2 Å². The van der Waals surface area contributed by atoms with E-state index in [2.05, 4.69) is 37.3 Å². The molecule has 1 aromatic heterocycles. The predicted molar refractivity (Wildman–Crippen MR) is 114 cm³/mol. The van der Waals surface area contributed by atoms with Crippen LogP contribution in [0.1, 0.15) is 23.2 Å². The van der Waals surface area contributed by atoms with Crippen molar-refractivity contribution in [3.63, 3.8) is 0 Å². The van der Waals surface area contributed by atoms with Gasteiger partial charge >= 0.3 is 0 Å². The number of hydrogen-bond acceptors (Lipinski definition) is 3. The minimum atomic E-state index is 0.0209. The van der Waals surface area contributed by atoms with Gasteiger partial charge in [0.15, 0.2) is 0 Å². The molecule has 0 saturated carbocycles. The summed E-state index contributed by atoms with van der Waals surface area (Å²) in [6.45, 7) is 4.22. The zero-order chi connectivity index (χ0) is 20.2. The zero-order valence-corrected chi connectivity index (χ0v) is 16.8. The lowest BCUT2D eigenvalue weighted by molar-refractivity contribution is -0.126. The van der Waals surface area contributed by atoms with Crippen molar-refractivity contribution in [1.82, 2.24) is 14.7 Å². The van der Waals surface area contributed by atoms with Crippen molar-refractivity contribution in [2.75, 3.05) is 13.7 Å². The number of hydrogen-bond donors (Lipinski definition) is 0. The molecule has 5 nitrogen and oxygen atoms in total. The second-order valence-electron chi connectivity index (χ2n) is 7.33. The van der Waals surface area contributed by atoms with Gasteiger partial charge in [0.1, 0.15) is 5.75 Å². The highest BCUT2D eigenvalue weighted by Crippen LogP contribution is 2.23. The molecule has 29 heavy (non-hydrogen) atoms. The van der Waals surface area contributed by atoms with E-state index in [4.69, 9.17) is 9.84 Å². The van der Waals surface area contributed by atoms with Crippen LogP contribution in [0.25, 0.3) is 17.3 Å². The molecule has 0 bridgehead atoms.